The topological polar surface area (TPSA) is 67.4 Å². The normalized spacial score (nSPS) is 10.3. The van der Waals surface area contributed by atoms with Gasteiger partial charge in [0.15, 0.2) is 6.61 Å². The number of benzene rings is 3. The van der Waals surface area contributed by atoms with E-state index in [1.807, 2.05) is 30.3 Å². The lowest BCUT2D eigenvalue weighted by molar-refractivity contribution is -0.118. The molecule has 0 unspecified atom stereocenters. The molecule has 3 rings (SSSR count). The first-order valence-electron chi connectivity index (χ1n) is 8.81. The van der Waals surface area contributed by atoms with Crippen molar-refractivity contribution in [1.29, 1.82) is 0 Å². The maximum atomic E-state index is 12.4. The molecule has 29 heavy (non-hydrogen) atoms. The molecule has 0 bridgehead atoms. The van der Waals surface area contributed by atoms with Crippen molar-refractivity contribution < 1.29 is 14.3 Å². The van der Waals surface area contributed by atoms with Crippen LogP contribution >= 0.6 is 27.5 Å². The summed E-state index contributed by atoms with van der Waals surface area (Å²) in [5.41, 5.74) is 1.98. The Hall–Kier alpha value is -2.83. The summed E-state index contributed by atoms with van der Waals surface area (Å²) in [7, 11) is 0. The molecule has 3 aromatic rings. The molecule has 2 N–H and O–H groups in total. The van der Waals surface area contributed by atoms with E-state index in [0.29, 0.717) is 33.0 Å². The second-order valence-electron chi connectivity index (χ2n) is 6.16. The van der Waals surface area contributed by atoms with E-state index in [1.54, 1.807) is 42.5 Å². The van der Waals surface area contributed by atoms with Gasteiger partial charge in [-0.15, -0.1) is 0 Å². The van der Waals surface area contributed by atoms with Crippen molar-refractivity contribution in [3.8, 4) is 5.75 Å². The zero-order valence-electron chi connectivity index (χ0n) is 15.3. The molecule has 3 aromatic carbocycles. The third-order valence-corrected chi connectivity index (χ3v) is 4.81. The number of amides is 2. The van der Waals surface area contributed by atoms with Crippen molar-refractivity contribution in [3.05, 3.63) is 93.4 Å². The van der Waals surface area contributed by atoms with Gasteiger partial charge in [0.1, 0.15) is 5.75 Å². The Kier molecular flexibility index (Phi) is 7.27. The van der Waals surface area contributed by atoms with Crippen LogP contribution in [0.5, 0.6) is 5.75 Å². The van der Waals surface area contributed by atoms with E-state index in [1.165, 1.54) is 0 Å². The van der Waals surface area contributed by atoms with E-state index in [2.05, 4.69) is 26.6 Å². The number of anilines is 1. The van der Waals surface area contributed by atoms with Crippen LogP contribution in [0.1, 0.15) is 15.9 Å². The van der Waals surface area contributed by atoms with Gasteiger partial charge in [-0.3, -0.25) is 9.59 Å². The predicted molar refractivity (Wildman–Crippen MR) is 117 cm³/mol. The summed E-state index contributed by atoms with van der Waals surface area (Å²) >= 11 is 9.22. The summed E-state index contributed by atoms with van der Waals surface area (Å²) in [6.07, 6.45) is 0. The molecule has 0 heterocycles. The molecule has 0 spiro atoms. The van der Waals surface area contributed by atoms with E-state index < -0.39 is 0 Å². The number of carbonyl (C=O) groups excluding carboxylic acids is 2. The molecule has 0 atom stereocenters. The van der Waals surface area contributed by atoms with E-state index in [0.717, 1.165) is 5.56 Å². The van der Waals surface area contributed by atoms with Gasteiger partial charge in [0.2, 0.25) is 0 Å². The third kappa shape index (κ3) is 6.34. The molecule has 0 fully saturated rings. The predicted octanol–water partition coefficient (Wildman–Crippen LogP) is 5.05. The Morgan fingerprint density at radius 1 is 0.966 bits per heavy atom. The van der Waals surface area contributed by atoms with Crippen LogP contribution < -0.4 is 15.4 Å². The van der Waals surface area contributed by atoms with Gasteiger partial charge >= 0.3 is 0 Å². The summed E-state index contributed by atoms with van der Waals surface area (Å²) in [5.74, 6) is -0.0430. The lowest BCUT2D eigenvalue weighted by Gasteiger charge is -2.10. The number of halogens is 2. The number of nitrogens with one attached hydrogen (secondary N) is 2. The molecular weight excluding hydrogens is 456 g/mol. The lowest BCUT2D eigenvalue weighted by Crippen LogP contribution is -2.23. The lowest BCUT2D eigenvalue weighted by atomic mass is 10.1. The Bertz CT molecular complexity index is 1010. The number of hydrogen-bond donors (Lipinski definition) is 2. The summed E-state index contributed by atoms with van der Waals surface area (Å²) in [5, 5.41) is 6.15. The van der Waals surface area contributed by atoms with Gasteiger partial charge in [-0.2, -0.15) is 0 Å². The highest BCUT2D eigenvalue weighted by atomic mass is 79.9. The Morgan fingerprint density at radius 3 is 2.52 bits per heavy atom. The van der Waals surface area contributed by atoms with Crippen LogP contribution in [0.2, 0.25) is 5.02 Å². The zero-order valence-corrected chi connectivity index (χ0v) is 17.7. The second-order valence-corrected chi connectivity index (χ2v) is 7.45. The maximum absolute atomic E-state index is 12.4. The number of ether oxygens (including phenoxy) is 1. The Balaban J connectivity index is 1.54. The summed E-state index contributed by atoms with van der Waals surface area (Å²) in [6, 6.07) is 21.4. The molecule has 2 amide bonds. The van der Waals surface area contributed by atoms with Crippen molar-refractivity contribution in [2.45, 2.75) is 6.54 Å². The monoisotopic (exact) mass is 472 g/mol. The molecule has 148 valence electrons. The quantitative estimate of drug-likeness (QED) is 0.505. The molecule has 0 saturated carbocycles. The molecule has 0 aliphatic carbocycles. The minimum atomic E-state index is -0.339. The van der Waals surface area contributed by atoms with Gasteiger partial charge in [-0.1, -0.05) is 48.0 Å². The zero-order chi connectivity index (χ0) is 20.6. The van der Waals surface area contributed by atoms with Crippen LogP contribution in [0.4, 0.5) is 5.69 Å². The summed E-state index contributed by atoms with van der Waals surface area (Å²) < 4.78 is 6.16. The van der Waals surface area contributed by atoms with Crippen molar-refractivity contribution in [3.63, 3.8) is 0 Å². The molecule has 0 aromatic heterocycles. The first-order valence-corrected chi connectivity index (χ1v) is 9.98. The maximum Gasteiger partial charge on any atom is 0.262 e. The average molecular weight is 474 g/mol. The van der Waals surface area contributed by atoms with Crippen molar-refractivity contribution in [2.75, 3.05) is 11.9 Å². The molecule has 0 aliphatic rings. The number of carbonyl (C=O) groups is 2. The van der Waals surface area contributed by atoms with Crippen molar-refractivity contribution in [1.82, 2.24) is 5.32 Å². The number of rotatable bonds is 7. The molecule has 0 aliphatic heterocycles. The largest absolute Gasteiger partial charge is 0.483 e. The van der Waals surface area contributed by atoms with Crippen molar-refractivity contribution >= 4 is 45.0 Å². The SMILES string of the molecule is O=C(COc1ccc(Cl)cc1Br)Nc1cccc(C(=O)NCc2ccccc2)c1. The van der Waals surface area contributed by atoms with Gasteiger partial charge in [0, 0.05) is 22.8 Å². The van der Waals surface area contributed by atoms with Crippen LogP contribution in [-0.2, 0) is 11.3 Å². The molecule has 0 saturated heterocycles. The Morgan fingerprint density at radius 2 is 1.76 bits per heavy atom. The van der Waals surface area contributed by atoms with Crippen molar-refractivity contribution in [2.24, 2.45) is 0 Å². The summed E-state index contributed by atoms with van der Waals surface area (Å²) in [6.45, 7) is 0.255. The van der Waals surface area contributed by atoms with E-state index in [-0.39, 0.29) is 18.4 Å². The van der Waals surface area contributed by atoms with Gasteiger partial charge in [-0.25, -0.2) is 0 Å². The van der Waals surface area contributed by atoms with E-state index in [4.69, 9.17) is 16.3 Å². The smallest absolute Gasteiger partial charge is 0.262 e. The molecule has 5 nitrogen and oxygen atoms in total. The average Bonchev–Trinajstić information content (AvgIpc) is 2.72. The van der Waals surface area contributed by atoms with E-state index in [9.17, 15) is 9.59 Å². The fourth-order valence-electron chi connectivity index (χ4n) is 2.55. The first-order chi connectivity index (χ1) is 14.0. The minimum Gasteiger partial charge on any atom is -0.483 e. The first kappa shape index (κ1) is 20.9. The Labute approximate surface area is 182 Å². The third-order valence-electron chi connectivity index (χ3n) is 3.96. The standard InChI is InChI=1S/C22H18BrClN2O3/c23-19-12-17(24)9-10-20(19)29-14-21(27)26-18-8-4-7-16(11-18)22(28)25-13-15-5-2-1-3-6-15/h1-12H,13-14H2,(H,25,28)(H,26,27). The summed E-state index contributed by atoms with van der Waals surface area (Å²) in [4.78, 5) is 24.5. The number of hydrogen-bond acceptors (Lipinski definition) is 3. The fraction of sp³-hybridized carbons (Fsp3) is 0.0909. The van der Waals surface area contributed by atoms with Crippen LogP contribution in [-0.4, -0.2) is 18.4 Å². The van der Waals surface area contributed by atoms with Gasteiger partial charge in [0.25, 0.3) is 11.8 Å². The van der Waals surface area contributed by atoms with Gasteiger partial charge in [0.05, 0.1) is 4.47 Å². The van der Waals surface area contributed by atoms with Gasteiger partial charge in [-0.05, 0) is 57.9 Å². The molecule has 7 heteroatoms. The molecule has 0 radical (unpaired) electrons. The fourth-order valence-corrected chi connectivity index (χ4v) is 3.35. The second kappa shape index (κ2) is 10.1. The van der Waals surface area contributed by atoms with E-state index >= 15 is 0 Å². The highest BCUT2D eigenvalue weighted by molar-refractivity contribution is 9.10. The minimum absolute atomic E-state index is 0.176. The van der Waals surface area contributed by atoms with Crippen LogP contribution in [0.15, 0.2) is 77.3 Å². The van der Waals surface area contributed by atoms with Crippen LogP contribution in [0.3, 0.4) is 0 Å². The van der Waals surface area contributed by atoms with Crippen LogP contribution in [0.25, 0.3) is 0 Å². The van der Waals surface area contributed by atoms with Crippen LogP contribution in [0, 0.1) is 0 Å². The molecular formula is C22H18BrClN2O3. The highest BCUT2D eigenvalue weighted by Crippen LogP contribution is 2.27. The van der Waals surface area contributed by atoms with Gasteiger partial charge < -0.3 is 15.4 Å². The highest BCUT2D eigenvalue weighted by Gasteiger charge is 2.10.